The number of H-pyrrole nitrogens is 1. The van der Waals surface area contributed by atoms with Gasteiger partial charge >= 0.3 is 0 Å². The quantitative estimate of drug-likeness (QED) is 0.452. The van der Waals surface area contributed by atoms with E-state index in [1.165, 1.54) is 18.5 Å². The standard InChI is InChI=1S/C20H12F2N6/c21-11-6-12(22)8-13(7-11)26-20-15-4-5-23-9-17(15)14-2-1-3-16(18(14)27-20)19-24-10-25-28-19/h1-10H,(H,26,27)(H,24,25,28). The number of nitrogens with zero attached hydrogens (tertiary/aromatic N) is 4. The second-order valence-electron chi connectivity index (χ2n) is 6.20. The number of fused-ring (bicyclic) bond motifs is 3. The average Bonchev–Trinajstić information content (AvgIpc) is 3.21. The van der Waals surface area contributed by atoms with Crippen LogP contribution in [0.1, 0.15) is 0 Å². The van der Waals surface area contributed by atoms with Crippen molar-refractivity contribution in [3.63, 3.8) is 0 Å². The van der Waals surface area contributed by atoms with E-state index < -0.39 is 11.6 Å². The molecule has 2 N–H and O–H groups in total. The van der Waals surface area contributed by atoms with Crippen LogP contribution in [0.2, 0.25) is 0 Å². The van der Waals surface area contributed by atoms with Crippen molar-refractivity contribution in [3.05, 3.63) is 72.8 Å². The minimum Gasteiger partial charge on any atom is -0.340 e. The summed E-state index contributed by atoms with van der Waals surface area (Å²) in [5.74, 6) is -0.306. The molecule has 0 spiro atoms. The summed E-state index contributed by atoms with van der Waals surface area (Å²) in [4.78, 5) is 11.9. The third-order valence-electron chi connectivity index (χ3n) is 4.42. The molecular weight excluding hydrogens is 362 g/mol. The molecule has 0 bridgehead atoms. The molecular formula is C20H12F2N6. The molecule has 0 unspecified atom stereocenters. The first-order valence-electron chi connectivity index (χ1n) is 8.45. The van der Waals surface area contributed by atoms with Crippen molar-refractivity contribution in [2.45, 2.75) is 0 Å². The van der Waals surface area contributed by atoms with Crippen molar-refractivity contribution in [2.75, 3.05) is 5.32 Å². The number of para-hydroxylation sites is 1. The fourth-order valence-corrected chi connectivity index (χ4v) is 3.26. The van der Waals surface area contributed by atoms with Crippen molar-refractivity contribution in [1.29, 1.82) is 0 Å². The summed E-state index contributed by atoms with van der Waals surface area (Å²) in [7, 11) is 0. The fraction of sp³-hybridized carbons (Fsp3) is 0. The second kappa shape index (κ2) is 6.34. The zero-order valence-electron chi connectivity index (χ0n) is 14.3. The van der Waals surface area contributed by atoms with Crippen LogP contribution in [0.25, 0.3) is 33.1 Å². The molecule has 0 amide bonds. The second-order valence-corrected chi connectivity index (χ2v) is 6.20. The van der Waals surface area contributed by atoms with E-state index in [4.69, 9.17) is 4.98 Å². The molecule has 136 valence electrons. The maximum atomic E-state index is 13.6. The fourth-order valence-electron chi connectivity index (χ4n) is 3.26. The number of hydrogen-bond acceptors (Lipinski definition) is 5. The normalized spacial score (nSPS) is 11.2. The topological polar surface area (TPSA) is 79.4 Å². The molecule has 3 aromatic heterocycles. The van der Waals surface area contributed by atoms with Crippen molar-refractivity contribution in [1.82, 2.24) is 25.1 Å². The van der Waals surface area contributed by atoms with Crippen LogP contribution in [0.3, 0.4) is 0 Å². The molecule has 0 atom stereocenters. The molecule has 28 heavy (non-hydrogen) atoms. The zero-order chi connectivity index (χ0) is 19.1. The Morgan fingerprint density at radius 3 is 2.57 bits per heavy atom. The van der Waals surface area contributed by atoms with Crippen LogP contribution in [-0.4, -0.2) is 25.1 Å². The van der Waals surface area contributed by atoms with E-state index in [0.29, 0.717) is 17.2 Å². The smallest absolute Gasteiger partial charge is 0.163 e. The summed E-state index contributed by atoms with van der Waals surface area (Å²) in [6, 6.07) is 10.8. The van der Waals surface area contributed by atoms with E-state index in [1.807, 2.05) is 18.2 Å². The summed E-state index contributed by atoms with van der Waals surface area (Å²) >= 11 is 0. The van der Waals surface area contributed by atoms with E-state index >= 15 is 0 Å². The number of pyridine rings is 2. The molecule has 0 aliphatic rings. The van der Waals surface area contributed by atoms with Crippen LogP contribution in [0.5, 0.6) is 0 Å². The van der Waals surface area contributed by atoms with Gasteiger partial charge in [-0.3, -0.25) is 4.98 Å². The highest BCUT2D eigenvalue weighted by atomic mass is 19.1. The summed E-state index contributed by atoms with van der Waals surface area (Å²) in [5, 5.41) is 13.5. The molecule has 3 heterocycles. The molecule has 0 fully saturated rings. The third kappa shape index (κ3) is 2.71. The van der Waals surface area contributed by atoms with Gasteiger partial charge in [0.15, 0.2) is 5.82 Å². The lowest BCUT2D eigenvalue weighted by atomic mass is 10.0. The van der Waals surface area contributed by atoms with Gasteiger partial charge in [0, 0.05) is 45.9 Å². The van der Waals surface area contributed by atoms with Crippen LogP contribution in [0.15, 0.2) is 61.2 Å². The number of anilines is 2. The number of halogens is 2. The summed E-state index contributed by atoms with van der Waals surface area (Å²) in [6.45, 7) is 0. The predicted molar refractivity (Wildman–Crippen MR) is 102 cm³/mol. The lowest BCUT2D eigenvalue weighted by Crippen LogP contribution is -1.99. The van der Waals surface area contributed by atoms with Crippen molar-refractivity contribution >= 4 is 33.2 Å². The molecule has 0 aliphatic carbocycles. The Labute approximate surface area is 157 Å². The van der Waals surface area contributed by atoms with Crippen molar-refractivity contribution in [3.8, 4) is 11.4 Å². The Morgan fingerprint density at radius 1 is 0.929 bits per heavy atom. The lowest BCUT2D eigenvalue weighted by Gasteiger charge is -2.13. The van der Waals surface area contributed by atoms with Crippen LogP contribution in [0, 0.1) is 11.6 Å². The number of rotatable bonds is 3. The van der Waals surface area contributed by atoms with Gasteiger partial charge in [-0.1, -0.05) is 12.1 Å². The van der Waals surface area contributed by atoms with Gasteiger partial charge in [-0.25, -0.2) is 13.8 Å². The molecule has 8 heteroatoms. The van der Waals surface area contributed by atoms with Gasteiger partial charge in [-0.15, -0.1) is 10.2 Å². The molecule has 0 radical (unpaired) electrons. The predicted octanol–water partition coefficient (Wildman–Crippen LogP) is 4.59. The monoisotopic (exact) mass is 374 g/mol. The van der Waals surface area contributed by atoms with Gasteiger partial charge in [0.25, 0.3) is 0 Å². The summed E-state index contributed by atoms with van der Waals surface area (Å²) in [5.41, 5.74) is 1.69. The maximum Gasteiger partial charge on any atom is 0.163 e. The van der Waals surface area contributed by atoms with Gasteiger partial charge in [-0.05, 0) is 24.3 Å². The Hall–Kier alpha value is -3.94. The minimum absolute atomic E-state index is 0.264. The SMILES string of the molecule is Fc1cc(F)cc(Nc2nc3c(-c4nnc[nH]4)cccc3c3cnccc23)c1. The third-order valence-corrected chi connectivity index (χ3v) is 4.42. The van der Waals surface area contributed by atoms with Gasteiger partial charge in [-0.2, -0.15) is 0 Å². The Morgan fingerprint density at radius 2 is 1.79 bits per heavy atom. The zero-order valence-corrected chi connectivity index (χ0v) is 14.3. The number of nitrogens with one attached hydrogen (secondary N) is 2. The van der Waals surface area contributed by atoms with Crippen LogP contribution in [0.4, 0.5) is 20.3 Å². The Bertz CT molecular complexity index is 1300. The van der Waals surface area contributed by atoms with Crippen LogP contribution >= 0.6 is 0 Å². The van der Waals surface area contributed by atoms with Gasteiger partial charge in [0.1, 0.15) is 23.8 Å². The van der Waals surface area contributed by atoms with E-state index in [-0.39, 0.29) is 5.69 Å². The number of hydrogen-bond donors (Lipinski definition) is 2. The average molecular weight is 374 g/mol. The molecule has 0 saturated carbocycles. The van der Waals surface area contributed by atoms with Crippen LogP contribution in [-0.2, 0) is 0 Å². The molecule has 5 aromatic rings. The molecule has 6 nitrogen and oxygen atoms in total. The molecule has 5 rings (SSSR count). The van der Waals surface area contributed by atoms with Crippen molar-refractivity contribution < 1.29 is 8.78 Å². The molecule has 0 aliphatic heterocycles. The van der Waals surface area contributed by atoms with Gasteiger partial charge < -0.3 is 10.3 Å². The highest BCUT2D eigenvalue weighted by Gasteiger charge is 2.14. The molecule has 2 aromatic carbocycles. The maximum absolute atomic E-state index is 13.6. The first-order valence-corrected chi connectivity index (χ1v) is 8.45. The van der Waals surface area contributed by atoms with E-state index in [2.05, 4.69) is 25.5 Å². The number of aromatic nitrogens is 5. The largest absolute Gasteiger partial charge is 0.340 e. The van der Waals surface area contributed by atoms with Crippen LogP contribution < -0.4 is 5.32 Å². The van der Waals surface area contributed by atoms with Gasteiger partial charge in [0.05, 0.1) is 5.52 Å². The number of benzene rings is 2. The summed E-state index contributed by atoms with van der Waals surface area (Å²) in [6.07, 6.45) is 4.87. The van der Waals surface area contributed by atoms with Gasteiger partial charge in [0.2, 0.25) is 0 Å². The van der Waals surface area contributed by atoms with E-state index in [0.717, 1.165) is 27.8 Å². The molecule has 0 saturated heterocycles. The van der Waals surface area contributed by atoms with Crippen molar-refractivity contribution in [2.24, 2.45) is 0 Å². The number of aromatic amines is 1. The lowest BCUT2D eigenvalue weighted by molar-refractivity contribution is 0.584. The van der Waals surface area contributed by atoms with E-state index in [9.17, 15) is 8.78 Å². The van der Waals surface area contributed by atoms with E-state index in [1.54, 1.807) is 18.5 Å². The minimum atomic E-state index is -0.670. The Balaban J connectivity index is 1.79. The Kier molecular flexibility index (Phi) is 3.68. The first-order chi connectivity index (χ1) is 13.7. The highest BCUT2D eigenvalue weighted by molar-refractivity contribution is 6.13. The highest BCUT2D eigenvalue weighted by Crippen LogP contribution is 2.34. The first kappa shape index (κ1) is 16.2. The summed E-state index contributed by atoms with van der Waals surface area (Å²) < 4.78 is 27.2.